The van der Waals surface area contributed by atoms with Crippen LogP contribution in [0.25, 0.3) is 11.1 Å². The molecule has 1 amide bonds. The highest BCUT2D eigenvalue weighted by molar-refractivity contribution is 6.02. The molecule has 0 aliphatic rings. The third kappa shape index (κ3) is 3.55. The van der Waals surface area contributed by atoms with Gasteiger partial charge in [0.25, 0.3) is 5.91 Å². The Kier molecular flexibility index (Phi) is 5.63. The van der Waals surface area contributed by atoms with Gasteiger partial charge < -0.3 is 20.0 Å². The van der Waals surface area contributed by atoms with Crippen LogP contribution in [0.3, 0.4) is 0 Å². The fourth-order valence-electron chi connectivity index (χ4n) is 3.62. The van der Waals surface area contributed by atoms with Crippen LogP contribution >= 0.6 is 0 Å². The molecular weight excluding hydrogens is 356 g/mol. The number of aromatic amines is 1. The predicted molar refractivity (Wildman–Crippen MR) is 106 cm³/mol. The quantitative estimate of drug-likeness (QED) is 0.615. The van der Waals surface area contributed by atoms with Crippen LogP contribution in [0.4, 0.5) is 0 Å². The molecule has 0 atom stereocenters. The van der Waals surface area contributed by atoms with Crippen molar-refractivity contribution >= 4 is 11.9 Å². The molecule has 7 nitrogen and oxygen atoms in total. The van der Waals surface area contributed by atoms with Crippen LogP contribution in [0.15, 0.2) is 36.8 Å². The van der Waals surface area contributed by atoms with Crippen LogP contribution in [0.1, 0.15) is 44.7 Å². The molecule has 0 aliphatic heterocycles. The maximum Gasteiger partial charge on any atom is 0.337 e. The van der Waals surface area contributed by atoms with Crippen molar-refractivity contribution in [2.75, 3.05) is 7.11 Å². The van der Waals surface area contributed by atoms with Gasteiger partial charge in [0.1, 0.15) is 0 Å². The maximum atomic E-state index is 12.3. The summed E-state index contributed by atoms with van der Waals surface area (Å²) in [6.07, 6.45) is 4.96. The van der Waals surface area contributed by atoms with Gasteiger partial charge in [-0.15, -0.1) is 0 Å². The Morgan fingerprint density at radius 3 is 2.50 bits per heavy atom. The highest BCUT2D eigenvalue weighted by Gasteiger charge is 2.24. The molecule has 0 aliphatic carbocycles. The Morgan fingerprint density at radius 1 is 1.25 bits per heavy atom. The zero-order valence-electron chi connectivity index (χ0n) is 16.3. The molecule has 3 N–H and O–H groups in total. The summed E-state index contributed by atoms with van der Waals surface area (Å²) in [5.41, 5.74) is 11.3. The second-order valence-electron chi connectivity index (χ2n) is 6.55. The number of carbonyl (C=O) groups excluding carboxylic acids is 2. The Morgan fingerprint density at radius 2 is 1.96 bits per heavy atom. The number of imidazole rings is 1. The normalized spacial score (nSPS) is 10.8. The molecule has 3 aromatic rings. The Bertz CT molecular complexity index is 986. The standard InChI is InChI=1S/C21H24N4O3/c1-4-17-19(14-5-7-15(8-6-14)21(27)28-3)18(20(22)26)13(2)25(17)10-9-16-11-23-12-24-16/h5-8,11-12H,4,9-10H2,1-3H3,(H2,22,26)(H,23,24). The molecule has 0 fully saturated rings. The van der Waals surface area contributed by atoms with E-state index in [1.165, 1.54) is 7.11 Å². The molecule has 1 aromatic carbocycles. The number of nitrogens with one attached hydrogen (secondary N) is 1. The number of carbonyl (C=O) groups is 2. The van der Waals surface area contributed by atoms with E-state index in [1.54, 1.807) is 24.7 Å². The van der Waals surface area contributed by atoms with E-state index in [2.05, 4.69) is 21.5 Å². The van der Waals surface area contributed by atoms with Crippen molar-refractivity contribution in [1.82, 2.24) is 14.5 Å². The summed E-state index contributed by atoms with van der Waals surface area (Å²) in [5.74, 6) is -0.856. The summed E-state index contributed by atoms with van der Waals surface area (Å²) in [7, 11) is 1.35. The van der Waals surface area contributed by atoms with Gasteiger partial charge in [-0.1, -0.05) is 19.1 Å². The summed E-state index contributed by atoms with van der Waals surface area (Å²) in [4.78, 5) is 31.1. The molecular formula is C21H24N4O3. The number of rotatable bonds is 7. The van der Waals surface area contributed by atoms with Crippen LogP contribution in [-0.4, -0.2) is 33.5 Å². The SMILES string of the molecule is CCc1c(-c2ccc(C(=O)OC)cc2)c(C(N)=O)c(C)n1CCc1cnc[nH]1. The first-order chi connectivity index (χ1) is 13.5. The zero-order valence-corrected chi connectivity index (χ0v) is 16.3. The van der Waals surface area contributed by atoms with Crippen molar-refractivity contribution < 1.29 is 14.3 Å². The predicted octanol–water partition coefficient (Wildman–Crippen LogP) is 2.88. The lowest BCUT2D eigenvalue weighted by Gasteiger charge is -2.11. The number of hydrogen-bond donors (Lipinski definition) is 2. The molecule has 0 bridgehead atoms. The van der Waals surface area contributed by atoms with Crippen LogP contribution in [-0.2, 0) is 24.1 Å². The first-order valence-electron chi connectivity index (χ1n) is 9.15. The van der Waals surface area contributed by atoms with Gasteiger partial charge >= 0.3 is 5.97 Å². The third-order valence-electron chi connectivity index (χ3n) is 4.97. The molecule has 3 rings (SSSR count). The number of aryl methyl sites for hydroxylation is 1. The van der Waals surface area contributed by atoms with Gasteiger partial charge in [-0.05, 0) is 31.0 Å². The summed E-state index contributed by atoms with van der Waals surface area (Å²) in [6.45, 7) is 4.68. The van der Waals surface area contributed by atoms with Crippen LogP contribution in [0.5, 0.6) is 0 Å². The van der Waals surface area contributed by atoms with Crippen molar-refractivity contribution in [2.45, 2.75) is 33.2 Å². The maximum absolute atomic E-state index is 12.3. The molecule has 7 heteroatoms. The number of nitrogens with two attached hydrogens (primary N) is 1. The van der Waals surface area contributed by atoms with E-state index in [-0.39, 0.29) is 0 Å². The van der Waals surface area contributed by atoms with Gasteiger partial charge in [0.2, 0.25) is 0 Å². The van der Waals surface area contributed by atoms with Gasteiger partial charge in [0.15, 0.2) is 0 Å². The number of esters is 1. The average Bonchev–Trinajstić information content (AvgIpc) is 3.31. The van der Waals surface area contributed by atoms with E-state index in [9.17, 15) is 9.59 Å². The number of aromatic nitrogens is 3. The smallest absolute Gasteiger partial charge is 0.337 e. The molecule has 0 radical (unpaired) electrons. The average molecular weight is 380 g/mol. The fourth-order valence-corrected chi connectivity index (χ4v) is 3.62. The van der Waals surface area contributed by atoms with Crippen LogP contribution in [0, 0.1) is 6.92 Å². The van der Waals surface area contributed by atoms with Crippen molar-refractivity contribution in [3.63, 3.8) is 0 Å². The van der Waals surface area contributed by atoms with Crippen molar-refractivity contribution in [3.8, 4) is 11.1 Å². The number of methoxy groups -OCH3 is 1. The van der Waals surface area contributed by atoms with E-state index in [0.717, 1.165) is 41.1 Å². The lowest BCUT2D eigenvalue weighted by Crippen LogP contribution is -2.14. The molecule has 2 aromatic heterocycles. The zero-order chi connectivity index (χ0) is 20.3. The summed E-state index contributed by atoms with van der Waals surface area (Å²) < 4.78 is 6.90. The van der Waals surface area contributed by atoms with E-state index < -0.39 is 11.9 Å². The van der Waals surface area contributed by atoms with E-state index in [1.807, 2.05) is 19.1 Å². The van der Waals surface area contributed by atoms with Crippen LogP contribution < -0.4 is 5.73 Å². The van der Waals surface area contributed by atoms with Gasteiger partial charge in [0.05, 0.1) is 24.6 Å². The number of primary amides is 1. The first kappa shape index (κ1) is 19.4. The van der Waals surface area contributed by atoms with Gasteiger partial charge in [-0.25, -0.2) is 9.78 Å². The van der Waals surface area contributed by atoms with Crippen LogP contribution in [0.2, 0.25) is 0 Å². The van der Waals surface area contributed by atoms with Crippen molar-refractivity contribution in [2.24, 2.45) is 5.73 Å². The Hall–Kier alpha value is -3.35. The third-order valence-corrected chi connectivity index (χ3v) is 4.97. The molecule has 0 unspecified atom stereocenters. The fraction of sp³-hybridized carbons (Fsp3) is 0.286. The molecule has 2 heterocycles. The highest BCUT2D eigenvalue weighted by atomic mass is 16.5. The van der Waals surface area contributed by atoms with Crippen molar-refractivity contribution in [1.29, 1.82) is 0 Å². The van der Waals surface area contributed by atoms with Gasteiger partial charge in [0, 0.05) is 41.8 Å². The summed E-state index contributed by atoms with van der Waals surface area (Å²) >= 11 is 0. The van der Waals surface area contributed by atoms with E-state index in [0.29, 0.717) is 17.7 Å². The Labute approximate surface area is 163 Å². The lowest BCUT2D eigenvalue weighted by molar-refractivity contribution is 0.0600. The second kappa shape index (κ2) is 8.12. The Balaban J connectivity index is 2.07. The largest absolute Gasteiger partial charge is 0.465 e. The monoisotopic (exact) mass is 380 g/mol. The molecule has 28 heavy (non-hydrogen) atoms. The lowest BCUT2D eigenvalue weighted by atomic mass is 9.98. The van der Waals surface area contributed by atoms with Gasteiger partial charge in [-0.3, -0.25) is 4.79 Å². The first-order valence-corrected chi connectivity index (χ1v) is 9.15. The molecule has 0 spiro atoms. The minimum absolute atomic E-state index is 0.398. The number of hydrogen-bond acceptors (Lipinski definition) is 4. The molecule has 146 valence electrons. The number of amides is 1. The van der Waals surface area contributed by atoms with Crippen molar-refractivity contribution in [3.05, 3.63) is 65.0 Å². The number of ether oxygens (including phenoxy) is 1. The molecule has 0 saturated heterocycles. The number of benzene rings is 1. The molecule has 0 saturated carbocycles. The minimum Gasteiger partial charge on any atom is -0.465 e. The van der Waals surface area contributed by atoms with E-state index in [4.69, 9.17) is 10.5 Å². The number of H-pyrrole nitrogens is 1. The minimum atomic E-state index is -0.459. The van der Waals surface area contributed by atoms with Gasteiger partial charge in [-0.2, -0.15) is 0 Å². The number of nitrogens with zero attached hydrogens (tertiary/aromatic N) is 2. The second-order valence-corrected chi connectivity index (χ2v) is 6.55. The highest BCUT2D eigenvalue weighted by Crippen LogP contribution is 2.33. The summed E-state index contributed by atoms with van der Waals surface area (Å²) in [6, 6.07) is 7.04. The van der Waals surface area contributed by atoms with E-state index >= 15 is 0 Å². The topological polar surface area (TPSA) is 103 Å². The summed E-state index contributed by atoms with van der Waals surface area (Å²) in [5, 5.41) is 0.